The minimum absolute atomic E-state index is 0.226. The maximum absolute atomic E-state index is 12.1. The summed E-state index contributed by atoms with van der Waals surface area (Å²) >= 11 is 0. The molecule has 8 heteroatoms. The summed E-state index contributed by atoms with van der Waals surface area (Å²) in [5.41, 5.74) is 1.52. The molecule has 1 saturated heterocycles. The zero-order valence-corrected chi connectivity index (χ0v) is 16.5. The molecule has 1 aromatic carbocycles. The predicted molar refractivity (Wildman–Crippen MR) is 109 cm³/mol. The summed E-state index contributed by atoms with van der Waals surface area (Å²) in [6, 6.07) is 10.3. The molecule has 1 fully saturated rings. The Morgan fingerprint density at radius 1 is 1.14 bits per heavy atom. The molecule has 2 aromatic rings. The highest BCUT2D eigenvalue weighted by atomic mass is 16.6. The molecule has 0 radical (unpaired) electrons. The molecule has 154 valence electrons. The number of piperidine rings is 1. The summed E-state index contributed by atoms with van der Waals surface area (Å²) in [5.74, 6) is 0.439. The number of aromatic nitrogens is 1. The molecule has 0 aliphatic carbocycles. The van der Waals surface area contributed by atoms with Crippen LogP contribution in [0, 0.1) is 16.0 Å². The molecular weight excluding hydrogens is 372 g/mol. The molecule has 2 heterocycles. The Morgan fingerprint density at radius 3 is 2.45 bits per heavy atom. The first-order chi connectivity index (χ1) is 13.9. The normalized spacial score (nSPS) is 15.2. The number of amides is 1. The van der Waals surface area contributed by atoms with E-state index in [9.17, 15) is 19.7 Å². The highest BCUT2D eigenvalue weighted by molar-refractivity contribution is 5.75. The van der Waals surface area contributed by atoms with Crippen LogP contribution in [0.2, 0.25) is 0 Å². The van der Waals surface area contributed by atoms with E-state index in [1.54, 1.807) is 0 Å². The van der Waals surface area contributed by atoms with E-state index < -0.39 is 10.5 Å². The van der Waals surface area contributed by atoms with Crippen LogP contribution >= 0.6 is 0 Å². The summed E-state index contributed by atoms with van der Waals surface area (Å²) in [4.78, 5) is 36.6. The lowest BCUT2D eigenvalue weighted by Gasteiger charge is -2.30. The Hall–Kier alpha value is -3.00. The molecule has 0 atom stereocenters. The molecule has 1 aliphatic heterocycles. The standard InChI is InChI=1S/C21H26N4O4/c1-16-8-10-23(11-9-16)13-18-4-2-17(3-5-18)12-22-20(26)15-24-14-19(25(28)29)6-7-21(24)27/h2-7,14,16H,8-13,15H2,1H3,(H,22,26). The van der Waals surface area contributed by atoms with Crippen molar-refractivity contribution in [1.29, 1.82) is 0 Å². The smallest absolute Gasteiger partial charge is 0.285 e. The Morgan fingerprint density at radius 2 is 1.79 bits per heavy atom. The van der Waals surface area contributed by atoms with Gasteiger partial charge in [-0.05, 0) is 43.0 Å². The van der Waals surface area contributed by atoms with Crippen molar-refractivity contribution >= 4 is 11.6 Å². The van der Waals surface area contributed by atoms with Gasteiger partial charge >= 0.3 is 0 Å². The Bertz CT molecular complexity index is 915. The predicted octanol–water partition coefficient (Wildman–Crippen LogP) is 2.30. The van der Waals surface area contributed by atoms with Gasteiger partial charge in [0.1, 0.15) is 6.54 Å². The molecule has 0 saturated carbocycles. The van der Waals surface area contributed by atoms with Crippen LogP contribution in [0.1, 0.15) is 30.9 Å². The molecule has 3 rings (SSSR count). The Balaban J connectivity index is 1.50. The molecule has 1 amide bonds. The van der Waals surface area contributed by atoms with Crippen molar-refractivity contribution in [1.82, 2.24) is 14.8 Å². The zero-order chi connectivity index (χ0) is 20.8. The zero-order valence-electron chi connectivity index (χ0n) is 16.5. The molecule has 29 heavy (non-hydrogen) atoms. The van der Waals surface area contributed by atoms with Crippen LogP contribution in [0.3, 0.4) is 0 Å². The van der Waals surface area contributed by atoms with Gasteiger partial charge in [0.05, 0.1) is 11.1 Å². The van der Waals surface area contributed by atoms with Crippen LogP contribution in [0.4, 0.5) is 5.69 Å². The van der Waals surface area contributed by atoms with Crippen molar-refractivity contribution in [3.8, 4) is 0 Å². The number of carbonyl (C=O) groups excluding carboxylic acids is 1. The maximum Gasteiger partial charge on any atom is 0.285 e. The highest BCUT2D eigenvalue weighted by Gasteiger charge is 2.15. The fourth-order valence-corrected chi connectivity index (χ4v) is 3.40. The van der Waals surface area contributed by atoms with Crippen molar-refractivity contribution in [2.45, 2.75) is 39.4 Å². The molecule has 1 N–H and O–H groups in total. The van der Waals surface area contributed by atoms with Gasteiger partial charge in [-0.15, -0.1) is 0 Å². The largest absolute Gasteiger partial charge is 0.350 e. The first-order valence-electron chi connectivity index (χ1n) is 9.82. The molecule has 0 spiro atoms. The summed E-state index contributed by atoms with van der Waals surface area (Å²) in [6.07, 6.45) is 3.58. The van der Waals surface area contributed by atoms with Crippen molar-refractivity contribution in [2.24, 2.45) is 5.92 Å². The molecule has 8 nitrogen and oxygen atoms in total. The number of hydrogen-bond acceptors (Lipinski definition) is 5. The van der Waals surface area contributed by atoms with Crippen LogP contribution in [-0.2, 0) is 24.4 Å². The molecular formula is C21H26N4O4. The van der Waals surface area contributed by atoms with Crippen LogP contribution < -0.4 is 10.9 Å². The van der Waals surface area contributed by atoms with Gasteiger partial charge < -0.3 is 5.32 Å². The number of rotatable bonds is 7. The third kappa shape index (κ3) is 5.99. The first-order valence-corrected chi connectivity index (χ1v) is 9.82. The second-order valence-corrected chi connectivity index (χ2v) is 7.66. The number of carbonyl (C=O) groups is 1. The van der Waals surface area contributed by atoms with Crippen molar-refractivity contribution < 1.29 is 9.72 Å². The fourth-order valence-electron chi connectivity index (χ4n) is 3.40. The van der Waals surface area contributed by atoms with Crippen LogP contribution in [-0.4, -0.2) is 33.4 Å². The van der Waals surface area contributed by atoms with E-state index in [4.69, 9.17) is 0 Å². The van der Waals surface area contributed by atoms with Gasteiger partial charge in [-0.2, -0.15) is 0 Å². The first kappa shape index (κ1) is 20.7. The average Bonchev–Trinajstić information content (AvgIpc) is 2.70. The van der Waals surface area contributed by atoms with E-state index in [1.165, 1.54) is 18.4 Å². The van der Waals surface area contributed by atoms with Gasteiger partial charge in [-0.25, -0.2) is 0 Å². The number of pyridine rings is 1. The summed E-state index contributed by atoms with van der Waals surface area (Å²) in [5, 5.41) is 13.6. The second-order valence-electron chi connectivity index (χ2n) is 7.66. The van der Waals surface area contributed by atoms with Crippen LogP contribution in [0.5, 0.6) is 0 Å². The van der Waals surface area contributed by atoms with E-state index in [0.717, 1.165) is 54.0 Å². The third-order valence-corrected chi connectivity index (χ3v) is 5.29. The van der Waals surface area contributed by atoms with Crippen LogP contribution in [0.25, 0.3) is 0 Å². The molecule has 0 bridgehead atoms. The number of likely N-dealkylation sites (tertiary alicyclic amines) is 1. The topological polar surface area (TPSA) is 97.5 Å². The summed E-state index contributed by atoms with van der Waals surface area (Å²) in [7, 11) is 0. The lowest BCUT2D eigenvalue weighted by atomic mass is 9.99. The lowest BCUT2D eigenvalue weighted by Crippen LogP contribution is -2.32. The number of nitro groups is 1. The van der Waals surface area contributed by atoms with Gasteiger partial charge in [-0.3, -0.25) is 29.2 Å². The molecule has 1 aromatic heterocycles. The van der Waals surface area contributed by atoms with Gasteiger partial charge in [0.25, 0.3) is 11.2 Å². The van der Waals surface area contributed by atoms with E-state index in [2.05, 4.69) is 29.3 Å². The van der Waals surface area contributed by atoms with Gasteiger partial charge in [0.2, 0.25) is 5.91 Å². The van der Waals surface area contributed by atoms with Crippen molar-refractivity contribution in [3.63, 3.8) is 0 Å². The second kappa shape index (κ2) is 9.47. The molecule has 0 unspecified atom stereocenters. The highest BCUT2D eigenvalue weighted by Crippen LogP contribution is 2.18. The van der Waals surface area contributed by atoms with Gasteiger partial charge in [-0.1, -0.05) is 31.2 Å². The van der Waals surface area contributed by atoms with Crippen molar-refractivity contribution in [2.75, 3.05) is 13.1 Å². The lowest BCUT2D eigenvalue weighted by molar-refractivity contribution is -0.385. The third-order valence-electron chi connectivity index (χ3n) is 5.29. The monoisotopic (exact) mass is 398 g/mol. The fraction of sp³-hybridized carbons (Fsp3) is 0.429. The minimum atomic E-state index is -0.597. The Labute approximate surface area is 169 Å². The maximum atomic E-state index is 12.1. The van der Waals surface area contributed by atoms with Crippen LogP contribution in [0.15, 0.2) is 47.4 Å². The van der Waals surface area contributed by atoms with Gasteiger partial charge in [0.15, 0.2) is 0 Å². The van der Waals surface area contributed by atoms with E-state index in [-0.39, 0.29) is 18.1 Å². The van der Waals surface area contributed by atoms with E-state index >= 15 is 0 Å². The van der Waals surface area contributed by atoms with Gasteiger partial charge in [0, 0.05) is 25.2 Å². The number of benzene rings is 1. The van der Waals surface area contributed by atoms with Crippen molar-refractivity contribution in [3.05, 3.63) is 74.2 Å². The Kier molecular flexibility index (Phi) is 6.77. The average molecular weight is 398 g/mol. The minimum Gasteiger partial charge on any atom is -0.350 e. The summed E-state index contributed by atoms with van der Waals surface area (Å²) < 4.78 is 1.04. The molecule has 1 aliphatic rings. The van der Waals surface area contributed by atoms with E-state index in [0.29, 0.717) is 6.54 Å². The van der Waals surface area contributed by atoms with E-state index in [1.807, 2.05) is 12.1 Å². The number of nitrogens with one attached hydrogen (secondary N) is 1. The number of hydrogen-bond donors (Lipinski definition) is 1. The number of nitrogens with zero attached hydrogens (tertiary/aromatic N) is 3. The quantitative estimate of drug-likeness (QED) is 0.570. The summed E-state index contributed by atoms with van der Waals surface area (Å²) in [6.45, 7) is 5.59. The SMILES string of the molecule is CC1CCN(Cc2ccc(CNC(=O)Cn3cc([N+](=O)[O-])ccc3=O)cc2)CC1.